The third kappa shape index (κ3) is 3.99. The van der Waals surface area contributed by atoms with Crippen molar-refractivity contribution in [1.82, 2.24) is 0 Å². The Morgan fingerprint density at radius 2 is 1.56 bits per heavy atom. The second-order valence-electron chi connectivity index (χ2n) is 7.50. The Hall–Kier alpha value is -1.99. The molecular formula is C18H24BNO5. The summed E-state index contributed by atoms with van der Waals surface area (Å²) in [4.78, 5) is 23.1. The maximum absolute atomic E-state index is 12.8. The molecule has 6 nitrogen and oxygen atoms in total. The molecule has 0 unspecified atom stereocenters. The molecule has 1 aromatic rings. The van der Waals surface area contributed by atoms with E-state index in [9.17, 15) is 14.9 Å². The average molecular weight is 345 g/mol. The molecule has 0 spiro atoms. The molecular weight excluding hydrogens is 321 g/mol. The smallest absolute Gasteiger partial charge is 0.403 e. The molecule has 1 aromatic carbocycles. The molecule has 25 heavy (non-hydrogen) atoms. The Morgan fingerprint density at radius 1 is 1.08 bits per heavy atom. The highest BCUT2D eigenvalue weighted by Crippen LogP contribution is 2.39. The fraction of sp³-hybridized carbons (Fsp3) is 0.500. The Bertz CT molecular complexity index is 701. The van der Waals surface area contributed by atoms with E-state index in [4.69, 9.17) is 9.31 Å². The molecule has 1 fully saturated rings. The van der Waals surface area contributed by atoms with Gasteiger partial charge in [0.25, 0.3) is 5.69 Å². The number of rotatable bonds is 5. The maximum atomic E-state index is 12.8. The molecule has 134 valence electrons. The van der Waals surface area contributed by atoms with Crippen LogP contribution in [0.1, 0.15) is 51.9 Å². The monoisotopic (exact) mass is 345 g/mol. The van der Waals surface area contributed by atoms with E-state index in [0.717, 1.165) is 5.57 Å². The van der Waals surface area contributed by atoms with Crippen LogP contribution in [0.5, 0.6) is 0 Å². The first kappa shape index (κ1) is 19.3. The number of nitro groups is 1. The molecule has 0 atom stereocenters. The number of hydrogen-bond acceptors (Lipinski definition) is 5. The summed E-state index contributed by atoms with van der Waals surface area (Å²) in [6.45, 7) is 11.6. The number of Topliss-reactive ketones (excluding diaryl/α,β-unsaturated/α-hetero) is 1. The summed E-state index contributed by atoms with van der Waals surface area (Å²) >= 11 is 0. The lowest BCUT2D eigenvalue weighted by molar-refractivity contribution is -0.384. The van der Waals surface area contributed by atoms with Gasteiger partial charge in [0.05, 0.1) is 16.1 Å². The van der Waals surface area contributed by atoms with Crippen LogP contribution in [0.25, 0.3) is 0 Å². The van der Waals surface area contributed by atoms with Crippen LogP contribution in [0, 0.1) is 10.1 Å². The summed E-state index contributed by atoms with van der Waals surface area (Å²) in [6.07, 6.45) is 0.338. The number of non-ortho nitro benzene ring substituents is 1. The second kappa shape index (κ2) is 6.73. The molecule has 0 bridgehead atoms. The molecule has 0 saturated carbocycles. The van der Waals surface area contributed by atoms with Crippen LogP contribution in [0.2, 0.25) is 6.32 Å². The highest BCUT2D eigenvalue weighted by molar-refractivity contribution is 6.47. The van der Waals surface area contributed by atoms with Gasteiger partial charge >= 0.3 is 7.12 Å². The molecule has 0 amide bonds. The van der Waals surface area contributed by atoms with Gasteiger partial charge in [0.15, 0.2) is 5.78 Å². The zero-order valence-corrected chi connectivity index (χ0v) is 15.6. The number of hydrogen-bond donors (Lipinski definition) is 0. The molecule has 7 heteroatoms. The van der Waals surface area contributed by atoms with Crippen molar-refractivity contribution in [3.63, 3.8) is 0 Å². The summed E-state index contributed by atoms with van der Waals surface area (Å²) in [6, 6.07) is 5.64. The van der Waals surface area contributed by atoms with E-state index in [1.54, 1.807) is 0 Å². The summed E-state index contributed by atoms with van der Waals surface area (Å²) < 4.78 is 12.0. The van der Waals surface area contributed by atoms with Gasteiger partial charge in [0.1, 0.15) is 0 Å². The number of benzene rings is 1. The number of ketones is 1. The number of carbonyl (C=O) groups excluding carboxylic acids is 1. The molecule has 0 radical (unpaired) electrons. The quantitative estimate of drug-likeness (QED) is 0.263. The number of carbonyl (C=O) groups is 1. The minimum absolute atomic E-state index is 0.0405. The zero-order chi connectivity index (χ0) is 19.0. The van der Waals surface area contributed by atoms with Crippen molar-refractivity contribution in [2.45, 2.75) is 59.1 Å². The van der Waals surface area contributed by atoms with E-state index in [1.165, 1.54) is 24.3 Å². The van der Waals surface area contributed by atoms with Crippen molar-refractivity contribution >= 4 is 18.6 Å². The molecule has 1 aliphatic heterocycles. The van der Waals surface area contributed by atoms with Crippen molar-refractivity contribution in [2.24, 2.45) is 0 Å². The molecule has 2 rings (SSSR count). The SMILES string of the molecule is CC(C)=C(CB1OC(C)(C)C(C)(C)O1)C(=O)c1ccc([N+](=O)[O-])cc1. The predicted octanol–water partition coefficient (Wildman–Crippen LogP) is 4.21. The molecule has 1 heterocycles. The minimum atomic E-state index is -0.503. The summed E-state index contributed by atoms with van der Waals surface area (Å²) in [5.41, 5.74) is 0.937. The van der Waals surface area contributed by atoms with Gasteiger partial charge in [-0.15, -0.1) is 0 Å². The topological polar surface area (TPSA) is 78.7 Å². The zero-order valence-electron chi connectivity index (χ0n) is 15.6. The van der Waals surface area contributed by atoms with E-state index in [-0.39, 0.29) is 11.5 Å². The van der Waals surface area contributed by atoms with Crippen molar-refractivity contribution in [2.75, 3.05) is 0 Å². The van der Waals surface area contributed by atoms with E-state index < -0.39 is 23.2 Å². The molecule has 1 saturated heterocycles. The Morgan fingerprint density at radius 3 is 1.96 bits per heavy atom. The highest BCUT2D eigenvalue weighted by Gasteiger charge is 2.51. The third-order valence-electron chi connectivity index (χ3n) is 4.89. The lowest BCUT2D eigenvalue weighted by Crippen LogP contribution is -2.41. The minimum Gasteiger partial charge on any atom is -0.403 e. The van der Waals surface area contributed by atoms with Gasteiger partial charge in [-0.25, -0.2) is 0 Å². The van der Waals surface area contributed by atoms with Crippen molar-refractivity contribution < 1.29 is 19.0 Å². The van der Waals surface area contributed by atoms with Gasteiger partial charge in [-0.3, -0.25) is 14.9 Å². The van der Waals surface area contributed by atoms with Crippen LogP contribution in [0.3, 0.4) is 0 Å². The van der Waals surface area contributed by atoms with Gasteiger partial charge in [0, 0.05) is 24.0 Å². The van der Waals surface area contributed by atoms with Crippen LogP contribution >= 0.6 is 0 Å². The standard InChI is InChI=1S/C18H24BNO5/c1-12(2)15(11-19-24-17(3,4)18(5,6)25-19)16(21)13-7-9-14(10-8-13)20(22)23/h7-10H,11H2,1-6H3. The van der Waals surface area contributed by atoms with Crippen LogP contribution < -0.4 is 0 Å². The number of nitrogens with zero attached hydrogens (tertiary/aromatic N) is 1. The van der Waals surface area contributed by atoms with Gasteiger partial charge in [0.2, 0.25) is 0 Å². The molecule has 0 N–H and O–H groups in total. The molecule has 1 aliphatic rings. The van der Waals surface area contributed by atoms with Crippen LogP contribution in [0.15, 0.2) is 35.4 Å². The van der Waals surface area contributed by atoms with Crippen molar-refractivity contribution in [3.05, 3.63) is 51.1 Å². The number of allylic oxidation sites excluding steroid dienone is 2. The van der Waals surface area contributed by atoms with E-state index >= 15 is 0 Å². The van der Waals surface area contributed by atoms with Gasteiger partial charge < -0.3 is 9.31 Å². The highest BCUT2D eigenvalue weighted by atomic mass is 16.7. The molecule has 0 aliphatic carbocycles. The van der Waals surface area contributed by atoms with E-state index in [2.05, 4.69) is 0 Å². The largest absolute Gasteiger partial charge is 0.462 e. The van der Waals surface area contributed by atoms with Gasteiger partial charge in [-0.1, -0.05) is 5.57 Å². The summed E-state index contributed by atoms with van der Waals surface area (Å²) in [5, 5.41) is 10.8. The Labute approximate surface area is 148 Å². The second-order valence-corrected chi connectivity index (χ2v) is 7.50. The van der Waals surface area contributed by atoms with E-state index in [1.807, 2.05) is 41.5 Å². The Balaban J connectivity index is 2.21. The van der Waals surface area contributed by atoms with Crippen molar-refractivity contribution in [1.29, 1.82) is 0 Å². The first-order valence-corrected chi connectivity index (χ1v) is 8.26. The predicted molar refractivity (Wildman–Crippen MR) is 96.7 cm³/mol. The van der Waals surface area contributed by atoms with Gasteiger partial charge in [-0.05, 0) is 59.2 Å². The first-order valence-electron chi connectivity index (χ1n) is 8.26. The van der Waals surface area contributed by atoms with Crippen LogP contribution in [-0.4, -0.2) is 29.0 Å². The lowest BCUT2D eigenvalue weighted by atomic mass is 9.77. The first-order chi connectivity index (χ1) is 11.4. The molecule has 0 aromatic heterocycles. The maximum Gasteiger partial charge on any atom is 0.462 e. The third-order valence-corrected chi connectivity index (χ3v) is 4.89. The van der Waals surface area contributed by atoms with Gasteiger partial charge in [-0.2, -0.15) is 0 Å². The summed E-state index contributed by atoms with van der Waals surface area (Å²) in [5.74, 6) is -0.162. The normalized spacial score (nSPS) is 18.1. The lowest BCUT2D eigenvalue weighted by Gasteiger charge is -2.32. The Kier molecular flexibility index (Phi) is 5.20. The van der Waals surface area contributed by atoms with E-state index in [0.29, 0.717) is 17.5 Å². The van der Waals surface area contributed by atoms with Crippen LogP contribution in [-0.2, 0) is 9.31 Å². The number of nitro benzene ring substituents is 1. The fourth-order valence-corrected chi connectivity index (χ4v) is 2.65. The van der Waals surface area contributed by atoms with Crippen LogP contribution in [0.4, 0.5) is 5.69 Å². The van der Waals surface area contributed by atoms with Crippen molar-refractivity contribution in [3.8, 4) is 0 Å². The average Bonchev–Trinajstić information content (AvgIpc) is 2.71. The summed E-state index contributed by atoms with van der Waals surface area (Å²) in [7, 11) is -0.503. The fourth-order valence-electron chi connectivity index (χ4n) is 2.65.